The van der Waals surface area contributed by atoms with Gasteiger partial charge in [0.2, 0.25) is 5.91 Å². The van der Waals surface area contributed by atoms with E-state index in [1.54, 1.807) is 18.2 Å². The van der Waals surface area contributed by atoms with E-state index in [1.165, 1.54) is 17.5 Å². The number of fused-ring (bicyclic) bond motifs is 3. The molecule has 124 valence electrons. The minimum atomic E-state index is -0.202. The van der Waals surface area contributed by atoms with E-state index in [9.17, 15) is 9.59 Å². The van der Waals surface area contributed by atoms with Crippen molar-refractivity contribution in [3.05, 3.63) is 46.8 Å². The van der Waals surface area contributed by atoms with Crippen molar-refractivity contribution >= 4 is 16.8 Å². The Bertz CT molecular complexity index is 857. The Morgan fingerprint density at radius 1 is 1.25 bits per heavy atom. The van der Waals surface area contributed by atoms with E-state index < -0.39 is 0 Å². The van der Waals surface area contributed by atoms with Crippen LogP contribution < -0.4 is 10.9 Å². The van der Waals surface area contributed by atoms with E-state index in [0.29, 0.717) is 28.7 Å². The maximum absolute atomic E-state index is 12.3. The first-order chi connectivity index (χ1) is 11.7. The fourth-order valence-corrected chi connectivity index (χ4v) is 3.84. The average molecular weight is 324 g/mol. The van der Waals surface area contributed by atoms with E-state index in [4.69, 9.17) is 0 Å². The Morgan fingerprint density at radius 2 is 2.12 bits per heavy atom. The van der Waals surface area contributed by atoms with Gasteiger partial charge in [0.1, 0.15) is 5.52 Å². The summed E-state index contributed by atoms with van der Waals surface area (Å²) in [6.45, 7) is 0.974. The summed E-state index contributed by atoms with van der Waals surface area (Å²) in [5, 5.41) is 11.5. The first-order valence-electron chi connectivity index (χ1n) is 8.48. The summed E-state index contributed by atoms with van der Waals surface area (Å²) in [5.74, 6) is 1.86. The third kappa shape index (κ3) is 2.84. The molecule has 2 aliphatic carbocycles. The van der Waals surface area contributed by atoms with Crippen LogP contribution in [0, 0.1) is 17.8 Å². The van der Waals surface area contributed by atoms with Crippen LogP contribution in [0.25, 0.3) is 10.9 Å². The SMILES string of the molecule is O=C(CCn1nnc2ccccc2c1=O)NC[C@H]1C[C@@H]2C=C[C@@H]1C2. The van der Waals surface area contributed by atoms with Crippen molar-refractivity contribution in [2.24, 2.45) is 17.8 Å². The highest BCUT2D eigenvalue weighted by atomic mass is 16.2. The summed E-state index contributed by atoms with van der Waals surface area (Å²) in [6, 6.07) is 7.10. The minimum Gasteiger partial charge on any atom is -0.356 e. The molecule has 1 amide bonds. The van der Waals surface area contributed by atoms with Gasteiger partial charge in [-0.2, -0.15) is 0 Å². The zero-order valence-electron chi connectivity index (χ0n) is 13.4. The Labute approximate surface area is 139 Å². The van der Waals surface area contributed by atoms with Crippen LogP contribution in [0.2, 0.25) is 0 Å². The number of carbonyl (C=O) groups excluding carboxylic acids is 1. The molecule has 3 atom stereocenters. The van der Waals surface area contributed by atoms with Crippen molar-refractivity contribution in [1.29, 1.82) is 0 Å². The van der Waals surface area contributed by atoms with E-state index >= 15 is 0 Å². The molecule has 1 heterocycles. The van der Waals surface area contributed by atoms with Gasteiger partial charge in [0.05, 0.1) is 11.9 Å². The van der Waals surface area contributed by atoms with Crippen LogP contribution in [-0.2, 0) is 11.3 Å². The molecule has 1 aromatic heterocycles. The van der Waals surface area contributed by atoms with Crippen molar-refractivity contribution in [2.45, 2.75) is 25.8 Å². The highest BCUT2D eigenvalue weighted by Gasteiger charge is 2.35. The lowest BCUT2D eigenvalue weighted by Gasteiger charge is -2.18. The highest BCUT2D eigenvalue weighted by molar-refractivity contribution is 5.77. The molecule has 1 N–H and O–H groups in total. The monoisotopic (exact) mass is 324 g/mol. The zero-order valence-corrected chi connectivity index (χ0v) is 13.4. The summed E-state index contributed by atoms with van der Waals surface area (Å²) in [7, 11) is 0. The maximum Gasteiger partial charge on any atom is 0.277 e. The highest BCUT2D eigenvalue weighted by Crippen LogP contribution is 2.42. The number of aromatic nitrogens is 3. The molecule has 2 aromatic rings. The molecule has 1 fully saturated rings. The molecule has 6 heteroatoms. The predicted molar refractivity (Wildman–Crippen MR) is 90.3 cm³/mol. The number of rotatable bonds is 5. The molecule has 0 unspecified atom stereocenters. The number of amides is 1. The van der Waals surface area contributed by atoms with Crippen LogP contribution in [0.4, 0.5) is 0 Å². The predicted octanol–water partition coefficient (Wildman–Crippen LogP) is 1.51. The normalized spacial score (nSPS) is 24.6. The molecule has 0 aliphatic heterocycles. The third-order valence-corrected chi connectivity index (χ3v) is 5.16. The van der Waals surface area contributed by atoms with Crippen molar-refractivity contribution in [1.82, 2.24) is 20.3 Å². The summed E-state index contributed by atoms with van der Waals surface area (Å²) in [6.07, 6.45) is 7.24. The van der Waals surface area contributed by atoms with Gasteiger partial charge in [-0.1, -0.05) is 29.5 Å². The van der Waals surface area contributed by atoms with Crippen LogP contribution in [0.3, 0.4) is 0 Å². The number of aryl methyl sites for hydroxylation is 1. The van der Waals surface area contributed by atoms with Crippen molar-refractivity contribution in [3.63, 3.8) is 0 Å². The molecule has 0 spiro atoms. The van der Waals surface area contributed by atoms with E-state index in [1.807, 2.05) is 6.07 Å². The molecule has 0 radical (unpaired) electrons. The Balaban J connectivity index is 1.33. The van der Waals surface area contributed by atoms with Crippen LogP contribution in [0.1, 0.15) is 19.3 Å². The number of hydrogen-bond donors (Lipinski definition) is 1. The van der Waals surface area contributed by atoms with Gasteiger partial charge in [0.25, 0.3) is 5.56 Å². The number of carbonyl (C=O) groups is 1. The van der Waals surface area contributed by atoms with Crippen molar-refractivity contribution < 1.29 is 4.79 Å². The number of allylic oxidation sites excluding steroid dienone is 2. The fourth-order valence-electron chi connectivity index (χ4n) is 3.84. The van der Waals surface area contributed by atoms with Gasteiger partial charge in [0, 0.05) is 13.0 Å². The lowest BCUT2D eigenvalue weighted by Crippen LogP contribution is -2.33. The van der Waals surface area contributed by atoms with Crippen LogP contribution in [0.5, 0.6) is 0 Å². The second kappa shape index (κ2) is 6.19. The molecule has 1 saturated carbocycles. The zero-order chi connectivity index (χ0) is 16.5. The summed E-state index contributed by atoms with van der Waals surface area (Å²) >= 11 is 0. The van der Waals surface area contributed by atoms with E-state index in [2.05, 4.69) is 27.8 Å². The standard InChI is InChI=1S/C18H20N4O2/c23-17(19-11-14-10-12-5-6-13(14)9-12)7-8-22-18(24)15-3-1-2-4-16(15)20-21-22/h1-6,12-14H,7-11H2,(H,19,23)/t12-,13-,14-/m1/s1. The molecule has 2 bridgehead atoms. The topological polar surface area (TPSA) is 76.9 Å². The molecule has 6 nitrogen and oxygen atoms in total. The average Bonchev–Trinajstić information content (AvgIpc) is 3.22. The third-order valence-electron chi connectivity index (χ3n) is 5.16. The summed E-state index contributed by atoms with van der Waals surface area (Å²) in [4.78, 5) is 24.4. The number of nitrogens with zero attached hydrogens (tertiary/aromatic N) is 3. The van der Waals surface area contributed by atoms with Crippen molar-refractivity contribution in [3.8, 4) is 0 Å². The largest absolute Gasteiger partial charge is 0.356 e. The molecular formula is C18H20N4O2. The van der Waals surface area contributed by atoms with Gasteiger partial charge in [0.15, 0.2) is 0 Å². The Morgan fingerprint density at radius 3 is 2.92 bits per heavy atom. The van der Waals surface area contributed by atoms with Gasteiger partial charge in [-0.25, -0.2) is 4.68 Å². The van der Waals surface area contributed by atoms with Gasteiger partial charge < -0.3 is 5.32 Å². The fraction of sp³-hybridized carbons (Fsp3) is 0.444. The first-order valence-corrected chi connectivity index (χ1v) is 8.48. The molecule has 0 saturated heterocycles. The molecule has 4 rings (SSSR count). The minimum absolute atomic E-state index is 0.0383. The quantitative estimate of drug-likeness (QED) is 0.846. The molecule has 1 aromatic carbocycles. The van der Waals surface area contributed by atoms with Gasteiger partial charge in [-0.05, 0) is 42.7 Å². The maximum atomic E-state index is 12.3. The number of hydrogen-bond acceptors (Lipinski definition) is 4. The van der Waals surface area contributed by atoms with E-state index in [-0.39, 0.29) is 24.4 Å². The Hall–Kier alpha value is -2.50. The van der Waals surface area contributed by atoms with Gasteiger partial charge in [-0.15, -0.1) is 5.10 Å². The lowest BCUT2D eigenvalue weighted by atomic mass is 9.93. The lowest BCUT2D eigenvalue weighted by molar-refractivity contribution is -0.121. The summed E-state index contributed by atoms with van der Waals surface area (Å²) in [5.41, 5.74) is 0.374. The second-order valence-electron chi connectivity index (χ2n) is 6.73. The van der Waals surface area contributed by atoms with Crippen LogP contribution in [-0.4, -0.2) is 27.4 Å². The smallest absolute Gasteiger partial charge is 0.277 e. The van der Waals surface area contributed by atoms with Crippen LogP contribution in [0.15, 0.2) is 41.2 Å². The Kier molecular flexibility index (Phi) is 3.88. The molecule has 24 heavy (non-hydrogen) atoms. The number of benzene rings is 1. The molecular weight excluding hydrogens is 304 g/mol. The molecule has 2 aliphatic rings. The number of nitrogens with one attached hydrogen (secondary N) is 1. The van der Waals surface area contributed by atoms with Gasteiger partial charge in [-0.3, -0.25) is 9.59 Å². The van der Waals surface area contributed by atoms with E-state index in [0.717, 1.165) is 6.54 Å². The second-order valence-corrected chi connectivity index (χ2v) is 6.73. The van der Waals surface area contributed by atoms with Crippen LogP contribution >= 0.6 is 0 Å². The summed E-state index contributed by atoms with van der Waals surface area (Å²) < 4.78 is 1.27. The van der Waals surface area contributed by atoms with Gasteiger partial charge >= 0.3 is 0 Å². The van der Waals surface area contributed by atoms with Crippen molar-refractivity contribution in [2.75, 3.05) is 6.54 Å². The first kappa shape index (κ1) is 15.1.